The summed E-state index contributed by atoms with van der Waals surface area (Å²) in [5, 5.41) is 14.3. The Kier molecular flexibility index (Phi) is 6.07. The molecule has 1 aliphatic carbocycles. The number of ether oxygens (including phenoxy) is 2. The van der Waals surface area contributed by atoms with E-state index in [2.05, 4.69) is 25.2 Å². The number of nitrogens with zero attached hydrogens (tertiary/aromatic N) is 7. The van der Waals surface area contributed by atoms with Gasteiger partial charge in [0.25, 0.3) is 0 Å². The Hall–Kier alpha value is -2.79. The first-order valence-corrected chi connectivity index (χ1v) is 13.7. The summed E-state index contributed by atoms with van der Waals surface area (Å²) < 4.78 is 12.2. The van der Waals surface area contributed by atoms with E-state index >= 15 is 0 Å². The number of anilines is 2. The molecule has 1 amide bonds. The zero-order chi connectivity index (χ0) is 24.9. The number of aromatic nitrogens is 4. The number of carbonyl (C=O) groups excluding carboxylic acids is 1. The highest BCUT2D eigenvalue weighted by Gasteiger charge is 2.30. The molecule has 0 radical (unpaired) electrons. The van der Waals surface area contributed by atoms with Gasteiger partial charge in [-0.3, -0.25) is 0 Å². The van der Waals surface area contributed by atoms with Crippen molar-refractivity contribution < 1.29 is 14.3 Å². The summed E-state index contributed by atoms with van der Waals surface area (Å²) in [5.41, 5.74) is 3.18. The van der Waals surface area contributed by atoms with Crippen LogP contribution in [0.5, 0.6) is 0 Å². The SMILES string of the molecule is CC(C)(C)OC(=O)N1CCN(c2nnnc3c2sc2nc(N4CCOCC4)c4c(c23)CCCC4)CC1. The van der Waals surface area contributed by atoms with E-state index in [0.717, 1.165) is 71.2 Å². The number of pyridine rings is 1. The van der Waals surface area contributed by atoms with Crippen molar-refractivity contribution >= 4 is 49.5 Å². The Labute approximate surface area is 214 Å². The maximum absolute atomic E-state index is 12.5. The third kappa shape index (κ3) is 4.32. The molecule has 11 heteroatoms. The predicted octanol–water partition coefficient (Wildman–Crippen LogP) is 3.41. The summed E-state index contributed by atoms with van der Waals surface area (Å²) in [6.07, 6.45) is 4.22. The smallest absolute Gasteiger partial charge is 0.410 e. The highest BCUT2D eigenvalue weighted by molar-refractivity contribution is 7.26. The van der Waals surface area contributed by atoms with Gasteiger partial charge >= 0.3 is 6.09 Å². The minimum absolute atomic E-state index is 0.263. The molecule has 0 N–H and O–H groups in total. The Morgan fingerprint density at radius 3 is 2.33 bits per heavy atom. The van der Waals surface area contributed by atoms with E-state index < -0.39 is 5.60 Å². The van der Waals surface area contributed by atoms with Crippen LogP contribution < -0.4 is 9.80 Å². The number of amides is 1. The summed E-state index contributed by atoms with van der Waals surface area (Å²) in [6.45, 7) is 11.4. The molecule has 0 atom stereocenters. The van der Waals surface area contributed by atoms with Crippen molar-refractivity contribution in [3.05, 3.63) is 11.1 Å². The third-order valence-electron chi connectivity index (χ3n) is 7.14. The normalized spacial score (nSPS) is 19.1. The first-order chi connectivity index (χ1) is 17.4. The largest absolute Gasteiger partial charge is 0.444 e. The van der Waals surface area contributed by atoms with Crippen molar-refractivity contribution in [3.8, 4) is 0 Å². The molecule has 3 aliphatic rings. The average molecular weight is 512 g/mol. The summed E-state index contributed by atoms with van der Waals surface area (Å²) in [5.74, 6) is 1.96. The number of piperazine rings is 1. The van der Waals surface area contributed by atoms with Crippen molar-refractivity contribution in [2.24, 2.45) is 0 Å². The van der Waals surface area contributed by atoms with Crippen LogP contribution in [0.2, 0.25) is 0 Å². The number of hydrogen-bond acceptors (Lipinski definition) is 10. The third-order valence-corrected chi connectivity index (χ3v) is 8.21. The van der Waals surface area contributed by atoms with Crippen LogP contribution in [0.15, 0.2) is 0 Å². The Balaban J connectivity index is 1.35. The van der Waals surface area contributed by atoms with E-state index in [1.807, 2.05) is 20.8 Å². The maximum Gasteiger partial charge on any atom is 0.410 e. The fraction of sp³-hybridized carbons (Fsp3) is 0.640. The summed E-state index contributed by atoms with van der Waals surface area (Å²) in [7, 11) is 0. The van der Waals surface area contributed by atoms with E-state index in [9.17, 15) is 4.79 Å². The van der Waals surface area contributed by atoms with Crippen LogP contribution in [-0.2, 0) is 22.3 Å². The van der Waals surface area contributed by atoms with E-state index in [4.69, 9.17) is 14.5 Å². The Bertz CT molecular complexity index is 1290. The molecular weight excluding hydrogens is 478 g/mol. The molecule has 5 heterocycles. The van der Waals surface area contributed by atoms with Gasteiger partial charge in [0.15, 0.2) is 5.82 Å². The van der Waals surface area contributed by atoms with E-state index in [-0.39, 0.29) is 6.09 Å². The van der Waals surface area contributed by atoms with Crippen molar-refractivity contribution in [1.29, 1.82) is 0 Å². The second-order valence-electron chi connectivity index (χ2n) is 10.7. The second-order valence-corrected chi connectivity index (χ2v) is 11.7. The lowest BCUT2D eigenvalue weighted by molar-refractivity contribution is 0.0240. The molecule has 0 bridgehead atoms. The van der Waals surface area contributed by atoms with Crippen LogP contribution in [0.3, 0.4) is 0 Å². The molecule has 10 nitrogen and oxygen atoms in total. The molecule has 2 saturated heterocycles. The van der Waals surface area contributed by atoms with Gasteiger partial charge in [0.2, 0.25) is 0 Å². The zero-order valence-electron chi connectivity index (χ0n) is 21.2. The monoisotopic (exact) mass is 511 g/mol. The highest BCUT2D eigenvalue weighted by atomic mass is 32.1. The summed E-state index contributed by atoms with van der Waals surface area (Å²) in [6, 6.07) is 0. The van der Waals surface area contributed by atoms with Crippen molar-refractivity contribution in [2.75, 3.05) is 62.3 Å². The van der Waals surface area contributed by atoms with Gasteiger partial charge in [-0.15, -0.1) is 21.5 Å². The molecule has 3 aromatic rings. The first kappa shape index (κ1) is 23.6. The lowest BCUT2D eigenvalue weighted by Crippen LogP contribution is -2.50. The second kappa shape index (κ2) is 9.26. The number of rotatable bonds is 2. The number of hydrogen-bond donors (Lipinski definition) is 0. The lowest BCUT2D eigenvalue weighted by Gasteiger charge is -2.35. The zero-order valence-corrected chi connectivity index (χ0v) is 22.1. The van der Waals surface area contributed by atoms with Gasteiger partial charge in [0.05, 0.1) is 13.2 Å². The summed E-state index contributed by atoms with van der Waals surface area (Å²) >= 11 is 1.67. The van der Waals surface area contributed by atoms with Crippen LogP contribution in [0, 0.1) is 0 Å². The number of thiophene rings is 1. The van der Waals surface area contributed by atoms with E-state index in [1.165, 1.54) is 24.0 Å². The molecule has 0 aromatic carbocycles. The molecule has 0 unspecified atom stereocenters. The van der Waals surface area contributed by atoms with Gasteiger partial charge in [-0.05, 0) is 62.8 Å². The van der Waals surface area contributed by atoms with Gasteiger partial charge < -0.3 is 24.2 Å². The number of aryl methyl sites for hydroxylation is 1. The van der Waals surface area contributed by atoms with Crippen LogP contribution in [0.1, 0.15) is 44.7 Å². The van der Waals surface area contributed by atoms with Crippen molar-refractivity contribution in [2.45, 2.75) is 52.1 Å². The average Bonchev–Trinajstić information content (AvgIpc) is 3.27. The van der Waals surface area contributed by atoms with Gasteiger partial charge in [-0.1, -0.05) is 0 Å². The van der Waals surface area contributed by atoms with Gasteiger partial charge in [-0.25, -0.2) is 9.78 Å². The molecule has 0 saturated carbocycles. The number of carbonyl (C=O) groups is 1. The molecule has 36 heavy (non-hydrogen) atoms. The first-order valence-electron chi connectivity index (χ1n) is 12.9. The molecule has 3 aromatic heterocycles. The van der Waals surface area contributed by atoms with Crippen LogP contribution in [0.4, 0.5) is 16.4 Å². The molecular formula is C25H33N7O3S. The van der Waals surface area contributed by atoms with Gasteiger partial charge in [0, 0.05) is 44.7 Å². The van der Waals surface area contributed by atoms with Crippen molar-refractivity contribution in [3.63, 3.8) is 0 Å². The molecule has 2 aliphatic heterocycles. The van der Waals surface area contributed by atoms with E-state index in [1.54, 1.807) is 16.2 Å². The van der Waals surface area contributed by atoms with Gasteiger partial charge in [-0.2, -0.15) is 0 Å². The predicted molar refractivity (Wildman–Crippen MR) is 140 cm³/mol. The minimum atomic E-state index is -0.500. The number of morpholine rings is 1. The van der Waals surface area contributed by atoms with Crippen LogP contribution in [-0.4, -0.2) is 89.5 Å². The highest BCUT2D eigenvalue weighted by Crippen LogP contribution is 2.43. The molecule has 0 spiro atoms. The molecule has 192 valence electrons. The lowest BCUT2D eigenvalue weighted by atomic mass is 9.90. The van der Waals surface area contributed by atoms with Crippen molar-refractivity contribution in [1.82, 2.24) is 25.3 Å². The Morgan fingerprint density at radius 2 is 1.61 bits per heavy atom. The van der Waals surface area contributed by atoms with E-state index in [0.29, 0.717) is 26.2 Å². The summed E-state index contributed by atoms with van der Waals surface area (Å²) in [4.78, 5) is 25.1. The number of fused-ring (bicyclic) bond motifs is 5. The van der Waals surface area contributed by atoms with Crippen LogP contribution in [0.25, 0.3) is 20.4 Å². The van der Waals surface area contributed by atoms with Gasteiger partial charge in [0.1, 0.15) is 26.5 Å². The fourth-order valence-electron chi connectivity index (χ4n) is 5.43. The quantitative estimate of drug-likeness (QED) is 0.513. The Morgan fingerprint density at radius 1 is 0.917 bits per heavy atom. The molecule has 6 rings (SSSR count). The van der Waals surface area contributed by atoms with Crippen LogP contribution >= 0.6 is 11.3 Å². The fourth-order valence-corrected chi connectivity index (χ4v) is 6.57. The molecule has 2 fully saturated rings. The standard InChI is InChI=1S/C25H33N7O3S/c1-25(2,3)35-24(33)32-10-8-30(9-11-32)22-20-19(27-29-28-22)18-16-6-4-5-7-17(16)21(26-23(18)36-20)31-12-14-34-15-13-31/h4-15H2,1-3H3. The maximum atomic E-state index is 12.5. The minimum Gasteiger partial charge on any atom is -0.444 e. The topological polar surface area (TPSA) is 96.8 Å².